The minimum atomic E-state index is -4.95. The number of piperidine rings is 2. The van der Waals surface area contributed by atoms with Crippen LogP contribution >= 0.6 is 11.6 Å². The summed E-state index contributed by atoms with van der Waals surface area (Å²) in [4.78, 5) is 23.4. The van der Waals surface area contributed by atoms with E-state index >= 15 is 0 Å². The molecule has 54 heavy (non-hydrogen) atoms. The van der Waals surface area contributed by atoms with Gasteiger partial charge in [0.2, 0.25) is 0 Å². The Morgan fingerprint density at radius 2 is 1.57 bits per heavy atom. The normalized spacial score (nSPS) is 17.6. The average molecular weight is 795 g/mol. The summed E-state index contributed by atoms with van der Waals surface area (Å²) in [5.41, 5.74) is -1.65. The molecule has 7 nitrogen and oxygen atoms in total. The van der Waals surface area contributed by atoms with Gasteiger partial charge in [0.05, 0.1) is 37.5 Å². The number of carbonyl (C=O) groups is 1. The van der Waals surface area contributed by atoms with Crippen LogP contribution in [0.15, 0.2) is 71.6 Å². The lowest BCUT2D eigenvalue weighted by atomic mass is 9.93. The zero-order valence-electron chi connectivity index (χ0n) is 29.8. The lowest BCUT2D eigenvalue weighted by Gasteiger charge is -2.40. The maximum Gasteiger partial charge on any atom is 0.416 e. The summed E-state index contributed by atoms with van der Waals surface area (Å²) in [6.07, 6.45) is -4.73. The first-order valence-electron chi connectivity index (χ1n) is 17.9. The Morgan fingerprint density at radius 3 is 2.19 bits per heavy atom. The van der Waals surface area contributed by atoms with E-state index < -0.39 is 45.0 Å². The van der Waals surface area contributed by atoms with Gasteiger partial charge in [-0.05, 0) is 95.5 Å². The molecule has 0 bridgehead atoms. The van der Waals surface area contributed by atoms with Crippen LogP contribution in [0, 0.1) is 0 Å². The van der Waals surface area contributed by atoms with Crippen LogP contribution in [-0.4, -0.2) is 72.8 Å². The summed E-state index contributed by atoms with van der Waals surface area (Å²) < 4.78 is 113. The highest BCUT2D eigenvalue weighted by Crippen LogP contribution is 2.40. The number of benzene rings is 3. The number of rotatable bonds is 9. The molecule has 4 aromatic rings. The van der Waals surface area contributed by atoms with Crippen LogP contribution in [0.4, 0.5) is 26.3 Å². The van der Waals surface area contributed by atoms with Gasteiger partial charge in [-0.2, -0.15) is 26.3 Å². The van der Waals surface area contributed by atoms with Crippen molar-refractivity contribution in [2.24, 2.45) is 0 Å². The predicted octanol–water partition coefficient (Wildman–Crippen LogP) is 9.24. The standard InChI is InChI=1S/C39H41ClF6N4O3S/c1-24(2)54(52,53)33-21-29-32(22-31(33)40)47-35(26-12-9-13-27(20-26)38(41,42)43)30(23-49-18-14-28(15-19-49)50-16-7-4-8-17-50)34(29)37(51)48-36(39(44,45)46)25-10-5-3-6-11-25/h3,5-6,9-13,20-22,24,28,36H,4,7-8,14-19,23H2,1-2H3,(H,48,51)/t36-/m1/s1. The minimum absolute atomic E-state index is 0.0237. The third-order valence-electron chi connectivity index (χ3n) is 10.3. The molecular formula is C39H41ClF6N4O3S. The Labute approximate surface area is 315 Å². The van der Waals surface area contributed by atoms with E-state index in [2.05, 4.69) is 10.2 Å². The van der Waals surface area contributed by atoms with Gasteiger partial charge in [0.15, 0.2) is 15.9 Å². The highest BCUT2D eigenvalue weighted by molar-refractivity contribution is 7.92. The minimum Gasteiger partial charge on any atom is -0.337 e. The van der Waals surface area contributed by atoms with Crippen LogP contribution in [0.3, 0.4) is 0 Å². The molecule has 15 heteroatoms. The number of aromatic nitrogens is 1. The van der Waals surface area contributed by atoms with Gasteiger partial charge in [0, 0.05) is 29.1 Å². The molecular weight excluding hydrogens is 754 g/mol. The van der Waals surface area contributed by atoms with Crippen LogP contribution in [0.25, 0.3) is 22.2 Å². The second kappa shape index (κ2) is 15.8. The summed E-state index contributed by atoms with van der Waals surface area (Å²) in [7, 11) is -4.08. The van der Waals surface area contributed by atoms with Crippen molar-refractivity contribution in [1.82, 2.24) is 20.1 Å². The first kappa shape index (κ1) is 40.0. The van der Waals surface area contributed by atoms with Crippen molar-refractivity contribution in [2.45, 2.75) is 87.1 Å². The lowest BCUT2D eigenvalue weighted by molar-refractivity contribution is -0.155. The second-order valence-corrected chi connectivity index (χ2v) is 17.1. The Kier molecular flexibility index (Phi) is 11.7. The number of fused-ring (bicyclic) bond motifs is 1. The molecule has 2 aliphatic rings. The number of alkyl halides is 6. The van der Waals surface area contributed by atoms with E-state index in [0.717, 1.165) is 57.0 Å². The SMILES string of the molecule is CC(C)S(=O)(=O)c1cc2c(C(=O)N[C@H](c3ccccc3)C(F)(F)F)c(CN3CCC(N4CCCCC4)CC3)c(-c3cccc(C(F)(F)F)c3)nc2cc1Cl. The van der Waals surface area contributed by atoms with E-state index in [9.17, 15) is 39.6 Å². The van der Waals surface area contributed by atoms with Crippen molar-refractivity contribution >= 4 is 38.2 Å². The molecule has 0 radical (unpaired) electrons. The molecule has 2 aliphatic heterocycles. The summed E-state index contributed by atoms with van der Waals surface area (Å²) >= 11 is 6.52. The third kappa shape index (κ3) is 8.56. The Balaban J connectivity index is 1.57. The van der Waals surface area contributed by atoms with E-state index in [1.165, 1.54) is 68.8 Å². The molecule has 3 heterocycles. The summed E-state index contributed by atoms with van der Waals surface area (Å²) in [6.45, 7) is 5.90. The van der Waals surface area contributed by atoms with Gasteiger partial charge < -0.3 is 10.2 Å². The fourth-order valence-electron chi connectivity index (χ4n) is 7.42. The fraction of sp³-hybridized carbons (Fsp3) is 0.436. The van der Waals surface area contributed by atoms with Gasteiger partial charge in [-0.25, -0.2) is 13.4 Å². The molecule has 2 saturated heterocycles. The largest absolute Gasteiger partial charge is 0.416 e. The summed E-state index contributed by atoms with van der Waals surface area (Å²) in [5, 5.41) is 0.839. The topological polar surface area (TPSA) is 82.6 Å². The molecule has 290 valence electrons. The predicted molar refractivity (Wildman–Crippen MR) is 196 cm³/mol. The molecule has 3 aromatic carbocycles. The zero-order valence-corrected chi connectivity index (χ0v) is 31.3. The van der Waals surface area contributed by atoms with Crippen molar-refractivity contribution in [3.8, 4) is 11.3 Å². The number of sulfone groups is 1. The molecule has 6 rings (SSSR count). The van der Waals surface area contributed by atoms with E-state index in [1.807, 2.05) is 4.90 Å². The van der Waals surface area contributed by atoms with E-state index in [-0.39, 0.29) is 55.3 Å². The van der Waals surface area contributed by atoms with E-state index in [1.54, 1.807) is 0 Å². The fourth-order valence-corrected chi connectivity index (χ4v) is 9.03. The van der Waals surface area contributed by atoms with Crippen LogP contribution in [0.2, 0.25) is 5.02 Å². The maximum atomic E-state index is 14.7. The molecule has 1 amide bonds. The van der Waals surface area contributed by atoms with Gasteiger partial charge >= 0.3 is 12.4 Å². The monoisotopic (exact) mass is 794 g/mol. The van der Waals surface area contributed by atoms with Crippen molar-refractivity contribution in [2.75, 3.05) is 26.2 Å². The number of hydrogen-bond acceptors (Lipinski definition) is 6. The van der Waals surface area contributed by atoms with E-state index in [0.29, 0.717) is 19.1 Å². The lowest BCUT2D eigenvalue weighted by Crippen LogP contribution is -2.46. The molecule has 0 spiro atoms. The van der Waals surface area contributed by atoms with Crippen LogP contribution in [0.5, 0.6) is 0 Å². The first-order valence-corrected chi connectivity index (χ1v) is 19.8. The number of likely N-dealkylation sites (tertiary alicyclic amines) is 2. The number of nitrogens with zero attached hydrogens (tertiary/aromatic N) is 3. The van der Waals surface area contributed by atoms with Gasteiger partial charge in [0.1, 0.15) is 0 Å². The second-order valence-electron chi connectivity index (χ2n) is 14.2. The number of carbonyl (C=O) groups excluding carboxylic acids is 1. The van der Waals surface area contributed by atoms with Gasteiger partial charge in [0.25, 0.3) is 5.91 Å². The van der Waals surface area contributed by atoms with Crippen LogP contribution < -0.4 is 5.32 Å². The number of pyridine rings is 1. The van der Waals surface area contributed by atoms with E-state index in [4.69, 9.17) is 16.6 Å². The molecule has 1 N–H and O–H groups in total. The quantitative estimate of drug-likeness (QED) is 0.170. The number of halogens is 7. The number of nitrogens with one attached hydrogen (secondary N) is 1. The first-order chi connectivity index (χ1) is 25.4. The summed E-state index contributed by atoms with van der Waals surface area (Å²) in [5.74, 6) is -1.20. The van der Waals surface area contributed by atoms with Gasteiger partial charge in [-0.15, -0.1) is 0 Å². The van der Waals surface area contributed by atoms with Crippen molar-refractivity contribution in [3.63, 3.8) is 0 Å². The highest BCUT2D eigenvalue weighted by Gasteiger charge is 2.43. The van der Waals surface area contributed by atoms with Gasteiger partial charge in [-0.1, -0.05) is 60.5 Å². The third-order valence-corrected chi connectivity index (χ3v) is 13.0. The highest BCUT2D eigenvalue weighted by atomic mass is 35.5. The Bertz CT molecular complexity index is 2100. The van der Waals surface area contributed by atoms with Crippen LogP contribution in [-0.2, 0) is 22.6 Å². The smallest absolute Gasteiger partial charge is 0.337 e. The molecule has 0 saturated carbocycles. The zero-order chi connectivity index (χ0) is 39.0. The van der Waals surface area contributed by atoms with Gasteiger partial charge in [-0.3, -0.25) is 9.69 Å². The molecule has 0 unspecified atom stereocenters. The Hall–Kier alpha value is -3.72. The molecule has 1 aromatic heterocycles. The number of amides is 1. The summed E-state index contributed by atoms with van der Waals surface area (Å²) in [6, 6.07) is 11.3. The molecule has 0 aliphatic carbocycles. The average Bonchev–Trinajstić information content (AvgIpc) is 3.13. The number of hydrogen-bond donors (Lipinski definition) is 1. The Morgan fingerprint density at radius 1 is 0.907 bits per heavy atom. The van der Waals surface area contributed by atoms with Crippen LogP contribution in [0.1, 0.15) is 79.0 Å². The van der Waals surface area contributed by atoms with Crippen molar-refractivity contribution < 1.29 is 39.6 Å². The maximum absolute atomic E-state index is 14.7. The van der Waals surface area contributed by atoms with Crippen molar-refractivity contribution in [3.05, 3.63) is 94.0 Å². The van der Waals surface area contributed by atoms with Crippen molar-refractivity contribution in [1.29, 1.82) is 0 Å². The molecule has 2 fully saturated rings. The molecule has 1 atom stereocenters.